The summed E-state index contributed by atoms with van der Waals surface area (Å²) in [5, 5.41) is 0. The molecule has 0 N–H and O–H groups in total. The fourth-order valence-corrected chi connectivity index (χ4v) is 2.85. The van der Waals surface area contributed by atoms with Gasteiger partial charge in [0, 0.05) is 12.5 Å². The van der Waals surface area contributed by atoms with E-state index >= 15 is 0 Å². The summed E-state index contributed by atoms with van der Waals surface area (Å²) < 4.78 is 21.0. The highest BCUT2D eigenvalue weighted by Gasteiger charge is 2.24. The molecule has 0 fully saturated rings. The molecular weight excluding hydrogens is 396 g/mol. The molecule has 0 aliphatic rings. The molecule has 0 bridgehead atoms. The number of hydrogen-bond donors (Lipinski definition) is 0. The van der Waals surface area contributed by atoms with Gasteiger partial charge in [-0.2, -0.15) is 0 Å². The van der Waals surface area contributed by atoms with Gasteiger partial charge in [-0.05, 0) is 54.3 Å². The molecule has 2 rings (SSSR count). The molecule has 164 valence electrons. The monoisotopic (exact) mass is 424 g/mol. The van der Waals surface area contributed by atoms with Crippen LogP contribution < -0.4 is 9.47 Å². The molecule has 2 aromatic rings. The highest BCUT2D eigenvalue weighted by molar-refractivity contribution is 5.89. The number of ether oxygens (including phenoxy) is 4. The number of carbonyl (C=O) groups is 2. The van der Waals surface area contributed by atoms with Gasteiger partial charge in [-0.25, -0.2) is 9.59 Å². The minimum absolute atomic E-state index is 0.0429. The molecule has 1 unspecified atom stereocenters. The van der Waals surface area contributed by atoms with Crippen LogP contribution in [-0.2, 0) is 25.5 Å². The normalized spacial score (nSPS) is 11.6. The fourth-order valence-electron chi connectivity index (χ4n) is 2.85. The van der Waals surface area contributed by atoms with Crippen molar-refractivity contribution < 1.29 is 28.5 Å². The number of methoxy groups -OCH3 is 2. The summed E-state index contributed by atoms with van der Waals surface area (Å²) >= 11 is 0. The van der Waals surface area contributed by atoms with E-state index in [4.69, 9.17) is 18.9 Å². The zero-order valence-electron chi connectivity index (χ0n) is 18.3. The quantitative estimate of drug-likeness (QED) is 0.323. The summed E-state index contributed by atoms with van der Waals surface area (Å²) in [6.07, 6.45) is 3.45. The lowest BCUT2D eigenvalue weighted by atomic mass is 10.0. The van der Waals surface area contributed by atoms with Gasteiger partial charge in [-0.15, -0.1) is 0 Å². The van der Waals surface area contributed by atoms with E-state index in [1.807, 2.05) is 32.0 Å². The third-order valence-corrected chi connectivity index (χ3v) is 4.68. The Morgan fingerprint density at radius 2 is 1.74 bits per heavy atom. The van der Waals surface area contributed by atoms with Crippen molar-refractivity contribution in [1.29, 1.82) is 0 Å². The van der Waals surface area contributed by atoms with Gasteiger partial charge in [0.05, 0.1) is 14.2 Å². The first kappa shape index (κ1) is 23.7. The van der Waals surface area contributed by atoms with Crippen LogP contribution in [0.15, 0.2) is 55.1 Å². The van der Waals surface area contributed by atoms with Crippen molar-refractivity contribution in [3.63, 3.8) is 0 Å². The van der Waals surface area contributed by atoms with Crippen LogP contribution >= 0.6 is 0 Å². The van der Waals surface area contributed by atoms with Gasteiger partial charge in [-0.3, -0.25) is 0 Å². The molecule has 0 aliphatic heterocycles. The number of benzene rings is 2. The van der Waals surface area contributed by atoms with E-state index in [1.165, 1.54) is 19.3 Å². The predicted molar refractivity (Wildman–Crippen MR) is 119 cm³/mol. The van der Waals surface area contributed by atoms with E-state index in [1.54, 1.807) is 31.4 Å². The van der Waals surface area contributed by atoms with Crippen molar-refractivity contribution in [2.75, 3.05) is 20.8 Å². The second-order valence-corrected chi connectivity index (χ2v) is 6.91. The molecule has 0 amide bonds. The Morgan fingerprint density at radius 1 is 1.00 bits per heavy atom. The molecule has 6 nitrogen and oxygen atoms in total. The van der Waals surface area contributed by atoms with Gasteiger partial charge < -0.3 is 18.9 Å². The summed E-state index contributed by atoms with van der Waals surface area (Å²) in [5.41, 5.74) is 3.83. The Labute approximate surface area is 183 Å². The molecule has 0 saturated carbocycles. The Morgan fingerprint density at radius 3 is 2.39 bits per heavy atom. The van der Waals surface area contributed by atoms with Crippen LogP contribution in [0, 0.1) is 13.8 Å². The van der Waals surface area contributed by atoms with E-state index < -0.39 is 18.0 Å². The molecule has 2 aromatic carbocycles. The average Bonchev–Trinajstić information content (AvgIpc) is 2.77. The van der Waals surface area contributed by atoms with Crippen molar-refractivity contribution in [3.8, 4) is 11.5 Å². The second-order valence-electron chi connectivity index (χ2n) is 6.91. The molecule has 0 aliphatic carbocycles. The Bertz CT molecular complexity index is 960. The zero-order valence-corrected chi connectivity index (χ0v) is 18.3. The molecular formula is C25H28O6. The Hall–Kier alpha value is -3.54. The van der Waals surface area contributed by atoms with Crippen molar-refractivity contribution in [2.45, 2.75) is 26.4 Å². The topological polar surface area (TPSA) is 71.1 Å². The maximum Gasteiger partial charge on any atom is 0.348 e. The maximum atomic E-state index is 12.4. The van der Waals surface area contributed by atoms with Crippen LogP contribution in [0.2, 0.25) is 0 Å². The first-order valence-electron chi connectivity index (χ1n) is 9.82. The van der Waals surface area contributed by atoms with E-state index in [-0.39, 0.29) is 13.0 Å². The number of hydrogen-bond acceptors (Lipinski definition) is 6. The predicted octanol–water partition coefficient (Wildman–Crippen LogP) is 4.22. The van der Waals surface area contributed by atoms with Gasteiger partial charge in [0.1, 0.15) is 6.61 Å². The van der Waals surface area contributed by atoms with Gasteiger partial charge in [0.2, 0.25) is 6.10 Å². The van der Waals surface area contributed by atoms with Crippen LogP contribution in [0.5, 0.6) is 11.5 Å². The number of carbonyl (C=O) groups excluding carboxylic acids is 2. The summed E-state index contributed by atoms with van der Waals surface area (Å²) in [5.74, 6) is -0.149. The third-order valence-electron chi connectivity index (χ3n) is 4.68. The molecule has 0 heterocycles. The van der Waals surface area contributed by atoms with Crippen LogP contribution in [-0.4, -0.2) is 38.9 Å². The first-order valence-corrected chi connectivity index (χ1v) is 9.82. The fraction of sp³-hybridized carbons (Fsp3) is 0.280. The van der Waals surface area contributed by atoms with Crippen molar-refractivity contribution >= 4 is 18.0 Å². The smallest absolute Gasteiger partial charge is 0.348 e. The van der Waals surface area contributed by atoms with E-state index in [2.05, 4.69) is 6.58 Å². The maximum absolute atomic E-state index is 12.4. The third kappa shape index (κ3) is 7.03. The number of aryl methyl sites for hydroxylation is 2. The van der Waals surface area contributed by atoms with Crippen LogP contribution in [0.3, 0.4) is 0 Å². The highest BCUT2D eigenvalue weighted by Crippen LogP contribution is 2.28. The molecule has 31 heavy (non-hydrogen) atoms. The largest absolute Gasteiger partial charge is 0.493 e. The van der Waals surface area contributed by atoms with Gasteiger partial charge >= 0.3 is 11.9 Å². The second kappa shape index (κ2) is 11.6. The lowest BCUT2D eigenvalue weighted by molar-refractivity contribution is -0.164. The van der Waals surface area contributed by atoms with Gasteiger partial charge in [0.25, 0.3) is 0 Å². The standard InChI is InChI=1S/C25H28O6/c1-6-13-30-25(27)23(16-20-8-7-17(2)18(3)14-20)31-24(26)12-10-19-9-11-21(28-4)22(15-19)29-5/h6-12,14-15,23H,1,13,16H2,2-5H3/b12-10+. The Kier molecular flexibility index (Phi) is 8.88. The van der Waals surface area contributed by atoms with Crippen molar-refractivity contribution in [1.82, 2.24) is 0 Å². The van der Waals surface area contributed by atoms with Crippen LogP contribution in [0.25, 0.3) is 6.08 Å². The SMILES string of the molecule is C=CCOC(=O)C(Cc1ccc(C)c(C)c1)OC(=O)/C=C/c1ccc(OC)c(OC)c1. The average molecular weight is 424 g/mol. The molecule has 1 atom stereocenters. The van der Waals surface area contributed by atoms with Crippen LogP contribution in [0.4, 0.5) is 0 Å². The summed E-state index contributed by atoms with van der Waals surface area (Å²) in [6.45, 7) is 7.57. The Balaban J connectivity index is 2.14. The number of esters is 2. The summed E-state index contributed by atoms with van der Waals surface area (Å²) in [6, 6.07) is 11.1. The van der Waals surface area contributed by atoms with Gasteiger partial charge in [0.15, 0.2) is 11.5 Å². The van der Waals surface area contributed by atoms with E-state index in [0.29, 0.717) is 11.5 Å². The molecule has 0 saturated heterocycles. The van der Waals surface area contributed by atoms with E-state index in [0.717, 1.165) is 22.3 Å². The molecule has 0 radical (unpaired) electrons. The molecule has 0 aromatic heterocycles. The minimum Gasteiger partial charge on any atom is -0.493 e. The van der Waals surface area contributed by atoms with Crippen molar-refractivity contribution in [3.05, 3.63) is 77.4 Å². The number of rotatable bonds is 10. The lowest BCUT2D eigenvalue weighted by Gasteiger charge is -2.16. The summed E-state index contributed by atoms with van der Waals surface area (Å²) in [4.78, 5) is 24.8. The van der Waals surface area contributed by atoms with Crippen molar-refractivity contribution in [2.24, 2.45) is 0 Å². The molecule has 6 heteroatoms. The molecule has 0 spiro atoms. The first-order chi connectivity index (χ1) is 14.9. The zero-order chi connectivity index (χ0) is 22.8. The highest BCUT2D eigenvalue weighted by atomic mass is 16.6. The van der Waals surface area contributed by atoms with E-state index in [9.17, 15) is 9.59 Å². The lowest BCUT2D eigenvalue weighted by Crippen LogP contribution is -2.31. The van der Waals surface area contributed by atoms with Gasteiger partial charge in [-0.1, -0.05) is 36.9 Å². The van der Waals surface area contributed by atoms with Crippen LogP contribution in [0.1, 0.15) is 22.3 Å². The minimum atomic E-state index is -1.07. The summed E-state index contributed by atoms with van der Waals surface area (Å²) in [7, 11) is 3.08.